The van der Waals surface area contributed by atoms with Gasteiger partial charge in [-0.05, 0) is 61.6 Å². The van der Waals surface area contributed by atoms with Gasteiger partial charge in [-0.2, -0.15) is 9.65 Å². The molecule has 1 aromatic carbocycles. The Bertz CT molecular complexity index is 631. The monoisotopic (exact) mass is 341 g/mol. The predicted octanol–water partition coefficient (Wildman–Crippen LogP) is 6.01. The van der Waals surface area contributed by atoms with Crippen molar-refractivity contribution in [1.29, 1.82) is 5.26 Å². The number of aryl methyl sites for hydroxylation is 1. The second-order valence-corrected chi connectivity index (χ2v) is 6.87. The Balaban J connectivity index is 1.96. The number of benzene rings is 1. The van der Waals surface area contributed by atoms with Crippen LogP contribution in [-0.2, 0) is 11.2 Å². The maximum absolute atomic E-state index is 12.9. The Morgan fingerprint density at radius 3 is 2.56 bits per heavy atom. The summed E-state index contributed by atoms with van der Waals surface area (Å²) in [5, 5.41) is 8.46. The van der Waals surface area contributed by atoms with Crippen molar-refractivity contribution in [2.24, 2.45) is 0 Å². The third-order valence-electron chi connectivity index (χ3n) is 5.26. The summed E-state index contributed by atoms with van der Waals surface area (Å²) in [6, 6.07) is 10.6. The predicted molar refractivity (Wildman–Crippen MR) is 99.9 cm³/mol. The first kappa shape index (κ1) is 19.4. The third-order valence-corrected chi connectivity index (χ3v) is 5.26. The topological polar surface area (TPSA) is 33.0 Å². The highest BCUT2D eigenvalue weighted by Crippen LogP contribution is 2.40. The van der Waals surface area contributed by atoms with E-state index in [1.807, 2.05) is 6.08 Å². The van der Waals surface area contributed by atoms with Crippen LogP contribution in [0.4, 0.5) is 4.39 Å². The fourth-order valence-corrected chi connectivity index (χ4v) is 3.56. The molecule has 3 heteroatoms. The zero-order valence-corrected chi connectivity index (χ0v) is 15.3. The van der Waals surface area contributed by atoms with E-state index in [9.17, 15) is 4.39 Å². The minimum absolute atomic E-state index is 0.343. The van der Waals surface area contributed by atoms with E-state index in [1.54, 1.807) is 13.2 Å². The molecule has 0 radical (unpaired) electrons. The van der Waals surface area contributed by atoms with Crippen LogP contribution in [0.5, 0.6) is 0 Å². The first-order chi connectivity index (χ1) is 12.1. The van der Waals surface area contributed by atoms with Crippen molar-refractivity contribution in [2.45, 2.75) is 63.4 Å². The summed E-state index contributed by atoms with van der Waals surface area (Å²) in [6.45, 7) is 2.22. The highest BCUT2D eigenvalue weighted by Gasteiger charge is 2.33. The molecule has 1 aliphatic rings. The van der Waals surface area contributed by atoms with Crippen LogP contribution in [0, 0.1) is 11.3 Å². The van der Waals surface area contributed by atoms with E-state index in [0.717, 1.165) is 32.1 Å². The van der Waals surface area contributed by atoms with Crippen LogP contribution >= 0.6 is 0 Å². The van der Waals surface area contributed by atoms with E-state index >= 15 is 0 Å². The van der Waals surface area contributed by atoms with Gasteiger partial charge in [0.05, 0.1) is 5.60 Å². The molecule has 25 heavy (non-hydrogen) atoms. The zero-order valence-electron chi connectivity index (χ0n) is 15.3. The first-order valence-electron chi connectivity index (χ1n) is 9.21. The number of methoxy groups -OCH3 is 1. The lowest BCUT2D eigenvalue weighted by Crippen LogP contribution is -2.33. The summed E-state index contributed by atoms with van der Waals surface area (Å²) in [7, 11) is 1.71. The molecular weight excluding hydrogens is 313 g/mol. The SMILES string of the molecule is CCCCc1ccc([C@H]2CC[C@@](C=CC=C(F)C#N)(OC)CC2)cc1. The molecule has 0 atom stereocenters. The van der Waals surface area contributed by atoms with Gasteiger partial charge in [-0.15, -0.1) is 0 Å². The maximum Gasteiger partial charge on any atom is 0.199 e. The van der Waals surface area contributed by atoms with Gasteiger partial charge in [0.15, 0.2) is 5.83 Å². The fraction of sp³-hybridized carbons (Fsp3) is 0.500. The molecule has 0 aliphatic heterocycles. The van der Waals surface area contributed by atoms with Crippen LogP contribution in [0.2, 0.25) is 0 Å². The smallest absolute Gasteiger partial charge is 0.199 e. The van der Waals surface area contributed by atoms with Crippen LogP contribution < -0.4 is 0 Å². The van der Waals surface area contributed by atoms with Gasteiger partial charge in [-0.1, -0.05) is 49.8 Å². The fourth-order valence-electron chi connectivity index (χ4n) is 3.56. The molecule has 0 aromatic heterocycles. The number of nitrogens with zero attached hydrogens (tertiary/aromatic N) is 1. The van der Waals surface area contributed by atoms with Crippen molar-refractivity contribution in [3.05, 3.63) is 59.4 Å². The standard InChI is InChI=1S/C22H28FNO/c1-3-4-6-18-8-10-19(11-9-18)20-12-15-22(25-2,16-13-20)14-5-7-21(23)17-24/h5,7-11,14,20H,3-4,6,12-13,15-16H2,1-2H3/t20-,22+. The molecule has 2 rings (SSSR count). The van der Waals surface area contributed by atoms with Gasteiger partial charge in [-0.3, -0.25) is 0 Å². The average Bonchev–Trinajstić information content (AvgIpc) is 2.67. The molecule has 1 saturated carbocycles. The Hall–Kier alpha value is -1.92. The van der Waals surface area contributed by atoms with Crippen LogP contribution in [0.25, 0.3) is 0 Å². The number of hydrogen-bond donors (Lipinski definition) is 0. The molecule has 0 bridgehead atoms. The van der Waals surface area contributed by atoms with Crippen LogP contribution in [0.3, 0.4) is 0 Å². The summed E-state index contributed by atoms with van der Waals surface area (Å²) >= 11 is 0. The number of halogens is 1. The molecule has 134 valence electrons. The minimum Gasteiger partial charge on any atom is -0.374 e. The lowest BCUT2D eigenvalue weighted by Gasteiger charge is -2.37. The lowest BCUT2D eigenvalue weighted by molar-refractivity contribution is -0.00220. The number of unbranched alkanes of at least 4 members (excludes halogenated alkanes) is 1. The van der Waals surface area contributed by atoms with Crippen molar-refractivity contribution >= 4 is 0 Å². The third kappa shape index (κ3) is 5.54. The second kappa shape index (κ2) is 9.53. The van der Waals surface area contributed by atoms with E-state index in [2.05, 4.69) is 31.2 Å². The van der Waals surface area contributed by atoms with Gasteiger partial charge < -0.3 is 4.74 Å². The lowest BCUT2D eigenvalue weighted by atomic mass is 9.75. The van der Waals surface area contributed by atoms with Gasteiger partial charge in [0.25, 0.3) is 0 Å². The van der Waals surface area contributed by atoms with E-state index in [4.69, 9.17) is 10.00 Å². The highest BCUT2D eigenvalue weighted by atomic mass is 19.1. The largest absolute Gasteiger partial charge is 0.374 e. The maximum atomic E-state index is 12.9. The van der Waals surface area contributed by atoms with Crippen molar-refractivity contribution in [3.63, 3.8) is 0 Å². The zero-order chi connectivity index (χ0) is 18.1. The van der Waals surface area contributed by atoms with Gasteiger partial charge in [0.1, 0.15) is 6.07 Å². The number of hydrogen-bond acceptors (Lipinski definition) is 2. The Morgan fingerprint density at radius 1 is 1.32 bits per heavy atom. The molecule has 1 aromatic rings. The van der Waals surface area contributed by atoms with Crippen LogP contribution in [0.1, 0.15) is 62.5 Å². The Kier molecular flexibility index (Phi) is 7.40. The first-order valence-corrected chi connectivity index (χ1v) is 9.21. The summed E-state index contributed by atoms with van der Waals surface area (Å²) in [6.07, 6.45) is 12.2. The van der Waals surface area contributed by atoms with Crippen LogP contribution in [-0.4, -0.2) is 12.7 Å². The highest BCUT2D eigenvalue weighted by molar-refractivity contribution is 5.27. The average molecular weight is 341 g/mol. The van der Waals surface area contributed by atoms with Crippen molar-refractivity contribution in [1.82, 2.24) is 0 Å². The van der Waals surface area contributed by atoms with Crippen molar-refractivity contribution in [2.75, 3.05) is 7.11 Å². The van der Waals surface area contributed by atoms with Gasteiger partial charge in [0, 0.05) is 7.11 Å². The molecular formula is C22H28FNO. The van der Waals surface area contributed by atoms with Gasteiger partial charge in [0.2, 0.25) is 0 Å². The van der Waals surface area contributed by atoms with Crippen LogP contribution in [0.15, 0.2) is 48.3 Å². The molecule has 1 aliphatic carbocycles. The molecule has 0 saturated heterocycles. The molecule has 0 heterocycles. The van der Waals surface area contributed by atoms with Crippen molar-refractivity contribution < 1.29 is 9.13 Å². The van der Waals surface area contributed by atoms with E-state index in [1.165, 1.54) is 36.1 Å². The number of nitriles is 1. The molecule has 2 nitrogen and oxygen atoms in total. The number of rotatable bonds is 7. The number of allylic oxidation sites excluding steroid dienone is 3. The Labute approximate surface area is 151 Å². The Morgan fingerprint density at radius 2 is 2.00 bits per heavy atom. The van der Waals surface area contributed by atoms with E-state index in [-0.39, 0.29) is 5.60 Å². The number of ether oxygens (including phenoxy) is 1. The quantitative estimate of drug-likeness (QED) is 0.450. The van der Waals surface area contributed by atoms with Gasteiger partial charge >= 0.3 is 0 Å². The summed E-state index contributed by atoms with van der Waals surface area (Å²) in [5.41, 5.74) is 2.48. The normalized spacial score (nSPS) is 24.4. The molecule has 0 spiro atoms. The summed E-state index contributed by atoms with van der Waals surface area (Å²) in [5.74, 6) is -0.220. The molecule has 0 amide bonds. The summed E-state index contributed by atoms with van der Waals surface area (Å²) in [4.78, 5) is 0. The van der Waals surface area contributed by atoms with E-state index in [0.29, 0.717) is 5.92 Å². The van der Waals surface area contributed by atoms with E-state index < -0.39 is 5.83 Å². The van der Waals surface area contributed by atoms with Crippen molar-refractivity contribution in [3.8, 4) is 6.07 Å². The molecule has 1 fully saturated rings. The summed E-state index contributed by atoms with van der Waals surface area (Å²) < 4.78 is 18.6. The molecule has 0 N–H and O–H groups in total. The molecule has 0 unspecified atom stereocenters. The second-order valence-electron chi connectivity index (χ2n) is 6.87. The van der Waals surface area contributed by atoms with Gasteiger partial charge in [-0.25, -0.2) is 0 Å². The minimum atomic E-state index is -0.778.